The van der Waals surface area contributed by atoms with Gasteiger partial charge in [0.1, 0.15) is 5.78 Å². The Morgan fingerprint density at radius 3 is 3.20 bits per heavy atom. The summed E-state index contributed by atoms with van der Waals surface area (Å²) in [6.45, 7) is 2.49. The van der Waals surface area contributed by atoms with E-state index in [0.717, 1.165) is 0 Å². The Kier molecular flexibility index (Phi) is 1.13. The molecule has 2 bridgehead atoms. The molecule has 0 aromatic rings. The van der Waals surface area contributed by atoms with Gasteiger partial charge in [-0.2, -0.15) is 0 Å². The molecule has 0 spiro atoms. The summed E-state index contributed by atoms with van der Waals surface area (Å²) in [5, 5.41) is 0. The molecular weight excluding hydrogens is 132 g/mol. The van der Waals surface area contributed by atoms with E-state index in [1.54, 1.807) is 0 Å². The lowest BCUT2D eigenvalue weighted by Crippen LogP contribution is -2.36. The van der Waals surface area contributed by atoms with Gasteiger partial charge in [0.15, 0.2) is 6.29 Å². The van der Waals surface area contributed by atoms with Gasteiger partial charge in [0.25, 0.3) is 0 Å². The monoisotopic (exact) mass is 142 g/mol. The maximum absolute atomic E-state index is 11.0. The first-order valence-electron chi connectivity index (χ1n) is 3.49. The first kappa shape index (κ1) is 6.31. The molecule has 0 aromatic carbocycles. The Balaban J connectivity index is 2.20. The zero-order valence-electron chi connectivity index (χ0n) is 5.92. The van der Waals surface area contributed by atoms with Crippen LogP contribution in [0.15, 0.2) is 0 Å². The minimum Gasteiger partial charge on any atom is -0.349 e. The summed E-state index contributed by atoms with van der Waals surface area (Å²) in [5.74, 6) is 0.260. The number of ketones is 1. The molecule has 3 nitrogen and oxygen atoms in total. The molecule has 0 saturated carbocycles. The van der Waals surface area contributed by atoms with Crippen LogP contribution in [0, 0.1) is 0 Å². The average molecular weight is 142 g/mol. The first-order valence-corrected chi connectivity index (χ1v) is 3.49. The number of ether oxygens (including phenoxy) is 2. The molecule has 2 saturated heterocycles. The van der Waals surface area contributed by atoms with Crippen LogP contribution < -0.4 is 0 Å². The van der Waals surface area contributed by atoms with Crippen LogP contribution in [0.2, 0.25) is 0 Å². The van der Waals surface area contributed by atoms with Gasteiger partial charge in [0.2, 0.25) is 0 Å². The van der Waals surface area contributed by atoms with Gasteiger partial charge in [-0.1, -0.05) is 0 Å². The van der Waals surface area contributed by atoms with Crippen molar-refractivity contribution in [1.29, 1.82) is 0 Å². The van der Waals surface area contributed by atoms with Crippen molar-refractivity contribution >= 4 is 5.78 Å². The topological polar surface area (TPSA) is 35.5 Å². The van der Waals surface area contributed by atoms with Gasteiger partial charge in [0, 0.05) is 6.42 Å². The Bertz CT molecular complexity index is 178. The Hall–Kier alpha value is -0.410. The number of fused-ring (bicyclic) bond motifs is 2. The van der Waals surface area contributed by atoms with E-state index in [-0.39, 0.29) is 17.7 Å². The standard InChI is InChI=1S/C7H10O3/c1-7-3-5(8)2-6(10-7)9-4-7/h6H,2-4H2,1H3. The molecule has 56 valence electrons. The Morgan fingerprint density at radius 1 is 1.70 bits per heavy atom. The third kappa shape index (κ3) is 0.859. The molecule has 3 heteroatoms. The van der Waals surface area contributed by atoms with E-state index in [2.05, 4.69) is 0 Å². The minimum absolute atomic E-state index is 0.244. The van der Waals surface area contributed by atoms with Crippen LogP contribution >= 0.6 is 0 Å². The highest BCUT2D eigenvalue weighted by molar-refractivity contribution is 5.80. The SMILES string of the molecule is CC12COC(CC(=O)C1)O2. The third-order valence-corrected chi connectivity index (χ3v) is 1.96. The van der Waals surface area contributed by atoms with Crippen molar-refractivity contribution < 1.29 is 14.3 Å². The van der Waals surface area contributed by atoms with Crippen LogP contribution in [-0.4, -0.2) is 24.3 Å². The number of rotatable bonds is 0. The molecule has 2 atom stereocenters. The highest BCUT2D eigenvalue weighted by Crippen LogP contribution is 2.33. The van der Waals surface area contributed by atoms with Gasteiger partial charge in [-0.3, -0.25) is 4.79 Å². The van der Waals surface area contributed by atoms with Crippen molar-refractivity contribution in [3.63, 3.8) is 0 Å². The highest BCUT2D eigenvalue weighted by atomic mass is 16.7. The summed E-state index contributed by atoms with van der Waals surface area (Å²) < 4.78 is 10.6. The average Bonchev–Trinajstić information content (AvgIpc) is 2.06. The van der Waals surface area contributed by atoms with E-state index in [0.29, 0.717) is 19.4 Å². The molecule has 2 unspecified atom stereocenters. The van der Waals surface area contributed by atoms with Gasteiger partial charge in [-0.05, 0) is 6.92 Å². The van der Waals surface area contributed by atoms with Crippen molar-refractivity contribution in [2.75, 3.05) is 6.61 Å². The summed E-state index contributed by atoms with van der Waals surface area (Å²) in [4.78, 5) is 11.0. The summed E-state index contributed by atoms with van der Waals surface area (Å²) in [5.41, 5.74) is -0.306. The van der Waals surface area contributed by atoms with Gasteiger partial charge in [-0.15, -0.1) is 0 Å². The highest BCUT2D eigenvalue weighted by Gasteiger charge is 2.43. The fourth-order valence-corrected chi connectivity index (χ4v) is 1.52. The van der Waals surface area contributed by atoms with Crippen molar-refractivity contribution in [3.8, 4) is 0 Å². The molecule has 10 heavy (non-hydrogen) atoms. The van der Waals surface area contributed by atoms with Crippen LogP contribution in [0.25, 0.3) is 0 Å². The van der Waals surface area contributed by atoms with E-state index >= 15 is 0 Å². The van der Waals surface area contributed by atoms with Crippen molar-refractivity contribution in [1.82, 2.24) is 0 Å². The predicted molar refractivity (Wildman–Crippen MR) is 33.5 cm³/mol. The lowest BCUT2D eigenvalue weighted by Gasteiger charge is -2.25. The zero-order chi connectivity index (χ0) is 7.19. The molecule has 0 amide bonds. The number of hydrogen-bond acceptors (Lipinski definition) is 3. The minimum atomic E-state index is -0.306. The third-order valence-electron chi connectivity index (χ3n) is 1.96. The van der Waals surface area contributed by atoms with E-state index in [1.807, 2.05) is 6.92 Å². The second-order valence-electron chi connectivity index (χ2n) is 3.23. The lowest BCUT2D eigenvalue weighted by atomic mass is 9.97. The molecule has 0 radical (unpaired) electrons. The van der Waals surface area contributed by atoms with E-state index in [4.69, 9.17) is 9.47 Å². The predicted octanol–water partition coefficient (Wildman–Crippen LogP) is 0.481. The number of carbonyl (C=O) groups excluding carboxylic acids is 1. The second-order valence-corrected chi connectivity index (χ2v) is 3.23. The Morgan fingerprint density at radius 2 is 2.50 bits per heavy atom. The summed E-state index contributed by atoms with van der Waals surface area (Å²) in [7, 11) is 0. The van der Waals surface area contributed by atoms with E-state index < -0.39 is 0 Å². The molecule has 2 fully saturated rings. The van der Waals surface area contributed by atoms with E-state index in [1.165, 1.54) is 0 Å². The normalized spacial score (nSPS) is 46.1. The fraction of sp³-hybridized carbons (Fsp3) is 0.857. The lowest BCUT2D eigenvalue weighted by molar-refractivity contribution is -0.149. The quantitative estimate of drug-likeness (QED) is 0.493. The van der Waals surface area contributed by atoms with Crippen LogP contribution in [0.5, 0.6) is 0 Å². The summed E-state index contributed by atoms with van der Waals surface area (Å²) in [6.07, 6.45) is 0.713. The molecule has 0 aromatic heterocycles. The van der Waals surface area contributed by atoms with Gasteiger partial charge < -0.3 is 9.47 Å². The Labute approximate surface area is 59.3 Å². The molecule has 2 rings (SSSR count). The number of Topliss-reactive ketones (excluding diaryl/α,β-unsaturated/α-hetero) is 1. The number of carbonyl (C=O) groups is 1. The molecule has 2 heterocycles. The van der Waals surface area contributed by atoms with Gasteiger partial charge in [-0.25, -0.2) is 0 Å². The van der Waals surface area contributed by atoms with Crippen LogP contribution in [0.3, 0.4) is 0 Å². The largest absolute Gasteiger partial charge is 0.349 e. The maximum atomic E-state index is 11.0. The molecule has 2 aliphatic rings. The first-order chi connectivity index (χ1) is 4.68. The van der Waals surface area contributed by atoms with Gasteiger partial charge in [0.05, 0.1) is 18.6 Å². The van der Waals surface area contributed by atoms with E-state index in [9.17, 15) is 4.79 Å². The van der Waals surface area contributed by atoms with Crippen LogP contribution in [0.4, 0.5) is 0 Å². The second kappa shape index (κ2) is 1.80. The van der Waals surface area contributed by atoms with Gasteiger partial charge >= 0.3 is 0 Å². The molecular formula is C7H10O3. The van der Waals surface area contributed by atoms with Crippen LogP contribution in [0.1, 0.15) is 19.8 Å². The van der Waals surface area contributed by atoms with Crippen molar-refractivity contribution in [3.05, 3.63) is 0 Å². The van der Waals surface area contributed by atoms with Crippen LogP contribution in [-0.2, 0) is 14.3 Å². The maximum Gasteiger partial charge on any atom is 0.165 e. The number of hydrogen-bond donors (Lipinski definition) is 0. The molecule has 0 N–H and O–H groups in total. The van der Waals surface area contributed by atoms with Crippen molar-refractivity contribution in [2.24, 2.45) is 0 Å². The molecule has 2 aliphatic heterocycles. The fourth-order valence-electron chi connectivity index (χ4n) is 1.52. The summed E-state index contributed by atoms with van der Waals surface area (Å²) >= 11 is 0. The zero-order valence-corrected chi connectivity index (χ0v) is 5.92. The summed E-state index contributed by atoms with van der Waals surface area (Å²) in [6, 6.07) is 0. The smallest absolute Gasteiger partial charge is 0.165 e. The molecule has 0 aliphatic carbocycles. The van der Waals surface area contributed by atoms with Crippen molar-refractivity contribution in [2.45, 2.75) is 31.7 Å².